The molecule has 0 saturated carbocycles. The molecule has 1 aliphatic carbocycles. The summed E-state index contributed by atoms with van der Waals surface area (Å²) < 4.78 is 38.1. The fourth-order valence-electron chi connectivity index (χ4n) is 4.15. The van der Waals surface area contributed by atoms with Gasteiger partial charge in [-0.25, -0.2) is 4.98 Å². The third-order valence-corrected chi connectivity index (χ3v) is 5.88. The molecule has 0 radical (unpaired) electrons. The van der Waals surface area contributed by atoms with Crippen LogP contribution in [0.2, 0.25) is 5.02 Å². The monoisotopic (exact) mass is 443 g/mol. The summed E-state index contributed by atoms with van der Waals surface area (Å²) in [4.78, 5) is 5.32. The molecule has 156 valence electrons. The highest BCUT2D eigenvalue weighted by Gasteiger charge is 2.31. The van der Waals surface area contributed by atoms with Gasteiger partial charge in [-0.15, -0.1) is 0 Å². The molecule has 1 unspecified atom stereocenters. The molecule has 1 aromatic carbocycles. The van der Waals surface area contributed by atoms with Gasteiger partial charge < -0.3 is 22.6 Å². The number of pyridine rings is 1. The lowest BCUT2D eigenvalue weighted by Crippen LogP contribution is -3.13. The number of aromatic nitrogens is 1. The predicted octanol–water partition coefficient (Wildman–Crippen LogP) is 0.858. The van der Waals surface area contributed by atoms with Gasteiger partial charge in [0.05, 0.1) is 36.8 Å². The number of nitrogens with one attached hydrogen (secondary N) is 2. The highest BCUT2D eigenvalue weighted by atomic mass is 35.5. The molecule has 2 aromatic rings. The molecule has 2 heterocycles. The first kappa shape index (κ1) is 21.9. The number of aryl methyl sites for hydroxylation is 1. The van der Waals surface area contributed by atoms with E-state index in [9.17, 15) is 13.2 Å². The quantitative estimate of drug-likeness (QED) is 0.733. The van der Waals surface area contributed by atoms with Crippen molar-refractivity contribution in [1.29, 1.82) is 0 Å². The second kappa shape index (κ2) is 8.94. The molecular formula is C21H22Cl2F3N3. The highest BCUT2D eigenvalue weighted by molar-refractivity contribution is 6.32. The standard InChI is InChI=1S/C21H21ClF3N3.ClH/c22-19-11-16(21(23,24)25)12-27-20(19)26-8-10-28-9-7-18-15(13-28)6-5-14-3-1-2-4-17(14)18;/h1-4,11-12H,5-10,13H2,(H,26,27);1H. The van der Waals surface area contributed by atoms with Crippen LogP contribution in [0.4, 0.5) is 19.0 Å². The van der Waals surface area contributed by atoms with Crippen molar-refractivity contribution in [3.63, 3.8) is 0 Å². The zero-order valence-corrected chi connectivity index (χ0v) is 17.3. The molecule has 2 aliphatic rings. The summed E-state index contributed by atoms with van der Waals surface area (Å²) >= 11 is 5.96. The van der Waals surface area contributed by atoms with Gasteiger partial charge in [-0.3, -0.25) is 0 Å². The maximum absolute atomic E-state index is 12.7. The van der Waals surface area contributed by atoms with Crippen molar-refractivity contribution in [2.24, 2.45) is 0 Å². The van der Waals surface area contributed by atoms with Gasteiger partial charge in [-0.1, -0.05) is 35.9 Å². The van der Waals surface area contributed by atoms with Crippen LogP contribution in [0, 0.1) is 0 Å². The van der Waals surface area contributed by atoms with E-state index < -0.39 is 11.7 Å². The van der Waals surface area contributed by atoms with Gasteiger partial charge in [0.15, 0.2) is 0 Å². The van der Waals surface area contributed by atoms with Gasteiger partial charge in [0.1, 0.15) is 5.82 Å². The Bertz CT molecular complexity index is 912. The first-order chi connectivity index (χ1) is 13.4. The summed E-state index contributed by atoms with van der Waals surface area (Å²) in [5.74, 6) is 0.303. The van der Waals surface area contributed by atoms with Crippen LogP contribution in [0.3, 0.4) is 0 Å². The molecular weight excluding hydrogens is 422 g/mol. The van der Waals surface area contributed by atoms with Crippen LogP contribution >= 0.6 is 11.6 Å². The minimum atomic E-state index is -4.43. The minimum absolute atomic E-state index is 0. The number of hydrogen-bond acceptors (Lipinski definition) is 2. The maximum Gasteiger partial charge on any atom is 0.417 e. The van der Waals surface area contributed by atoms with Gasteiger partial charge in [0.2, 0.25) is 0 Å². The Labute approximate surface area is 179 Å². The second-order valence-electron chi connectivity index (χ2n) is 7.39. The molecule has 0 saturated heterocycles. The Morgan fingerprint density at radius 1 is 1.14 bits per heavy atom. The third kappa shape index (κ3) is 4.87. The summed E-state index contributed by atoms with van der Waals surface area (Å²) in [6.07, 6.45) is -0.322. The van der Waals surface area contributed by atoms with E-state index in [4.69, 9.17) is 11.6 Å². The first-order valence-electron chi connectivity index (χ1n) is 9.51. The lowest BCUT2D eigenvalue weighted by molar-refractivity contribution is -0.894. The average Bonchev–Trinajstić information content (AvgIpc) is 2.68. The van der Waals surface area contributed by atoms with E-state index in [-0.39, 0.29) is 17.4 Å². The van der Waals surface area contributed by atoms with Gasteiger partial charge in [-0.05, 0) is 41.2 Å². The SMILES string of the molecule is FC(F)(F)c1cnc(NCC[NH+]2CCC3=C(CCc4ccccc43)C2)c(Cl)c1.[Cl-]. The molecule has 1 atom stereocenters. The number of quaternary nitrogens is 1. The van der Waals surface area contributed by atoms with Crippen LogP contribution < -0.4 is 22.6 Å². The largest absolute Gasteiger partial charge is 1.00 e. The summed E-state index contributed by atoms with van der Waals surface area (Å²) in [5.41, 5.74) is 5.11. The van der Waals surface area contributed by atoms with E-state index in [1.54, 1.807) is 5.57 Å². The molecule has 29 heavy (non-hydrogen) atoms. The topological polar surface area (TPSA) is 29.4 Å². The Balaban J connectivity index is 0.00000240. The summed E-state index contributed by atoms with van der Waals surface area (Å²) in [6, 6.07) is 9.59. The van der Waals surface area contributed by atoms with Crippen molar-refractivity contribution < 1.29 is 30.5 Å². The van der Waals surface area contributed by atoms with E-state index in [0.717, 1.165) is 51.2 Å². The Morgan fingerprint density at radius 2 is 1.93 bits per heavy atom. The molecule has 3 nitrogen and oxygen atoms in total. The Morgan fingerprint density at radius 3 is 2.69 bits per heavy atom. The van der Waals surface area contributed by atoms with E-state index in [2.05, 4.69) is 34.6 Å². The average molecular weight is 444 g/mol. The van der Waals surface area contributed by atoms with Crippen molar-refractivity contribution in [1.82, 2.24) is 4.98 Å². The van der Waals surface area contributed by atoms with Gasteiger partial charge in [0, 0.05) is 12.6 Å². The molecule has 8 heteroatoms. The minimum Gasteiger partial charge on any atom is -1.00 e. The van der Waals surface area contributed by atoms with Crippen molar-refractivity contribution in [3.05, 3.63) is 63.8 Å². The Kier molecular flexibility index (Phi) is 6.76. The van der Waals surface area contributed by atoms with Crippen LogP contribution in [0.5, 0.6) is 0 Å². The lowest BCUT2D eigenvalue weighted by Gasteiger charge is -2.32. The van der Waals surface area contributed by atoms with Crippen molar-refractivity contribution in [3.8, 4) is 0 Å². The van der Waals surface area contributed by atoms with Crippen LogP contribution in [-0.2, 0) is 12.6 Å². The molecule has 0 fully saturated rings. The van der Waals surface area contributed by atoms with E-state index in [1.807, 2.05) is 0 Å². The normalized spacial score (nSPS) is 18.6. The number of hydrogen-bond donors (Lipinski definition) is 2. The number of fused-ring (bicyclic) bond motifs is 2. The van der Waals surface area contributed by atoms with E-state index in [0.29, 0.717) is 12.4 Å². The predicted molar refractivity (Wildman–Crippen MR) is 105 cm³/mol. The van der Waals surface area contributed by atoms with Gasteiger partial charge in [0.25, 0.3) is 0 Å². The zero-order valence-electron chi connectivity index (χ0n) is 15.8. The summed E-state index contributed by atoms with van der Waals surface area (Å²) in [5, 5.41) is 3.08. The van der Waals surface area contributed by atoms with Crippen LogP contribution in [0.25, 0.3) is 5.57 Å². The summed E-state index contributed by atoms with van der Waals surface area (Å²) in [6.45, 7) is 3.58. The highest BCUT2D eigenvalue weighted by Crippen LogP contribution is 2.34. The van der Waals surface area contributed by atoms with Crippen LogP contribution in [0.15, 0.2) is 42.1 Å². The Hall–Kier alpha value is -1.76. The molecule has 2 N–H and O–H groups in total. The maximum atomic E-state index is 12.7. The number of benzene rings is 1. The lowest BCUT2D eigenvalue weighted by atomic mass is 9.82. The van der Waals surface area contributed by atoms with E-state index >= 15 is 0 Å². The van der Waals surface area contributed by atoms with Crippen LogP contribution in [0.1, 0.15) is 29.5 Å². The zero-order chi connectivity index (χ0) is 19.7. The first-order valence-corrected chi connectivity index (χ1v) is 9.89. The number of nitrogens with zero attached hydrogens (tertiary/aromatic N) is 1. The fourth-order valence-corrected chi connectivity index (χ4v) is 4.39. The molecule has 4 rings (SSSR count). The van der Waals surface area contributed by atoms with Crippen molar-refractivity contribution in [2.75, 3.05) is 31.5 Å². The number of halogens is 5. The smallest absolute Gasteiger partial charge is 0.417 e. The molecule has 0 spiro atoms. The molecule has 0 bridgehead atoms. The van der Waals surface area contributed by atoms with Gasteiger partial charge in [-0.2, -0.15) is 13.2 Å². The van der Waals surface area contributed by atoms with Crippen molar-refractivity contribution >= 4 is 23.0 Å². The number of alkyl halides is 3. The number of anilines is 1. The molecule has 0 amide bonds. The third-order valence-electron chi connectivity index (χ3n) is 5.60. The van der Waals surface area contributed by atoms with Crippen molar-refractivity contribution in [2.45, 2.75) is 25.4 Å². The van der Waals surface area contributed by atoms with E-state index in [1.165, 1.54) is 21.6 Å². The fraction of sp³-hybridized carbons (Fsp3) is 0.381. The summed E-state index contributed by atoms with van der Waals surface area (Å²) in [7, 11) is 0. The number of rotatable bonds is 4. The second-order valence-corrected chi connectivity index (χ2v) is 7.80. The van der Waals surface area contributed by atoms with Crippen LogP contribution in [-0.4, -0.2) is 31.2 Å². The molecule has 1 aliphatic heterocycles. The molecule has 1 aromatic heterocycles. The van der Waals surface area contributed by atoms with Gasteiger partial charge >= 0.3 is 6.18 Å².